The Morgan fingerprint density at radius 1 is 1.53 bits per heavy atom. The second kappa shape index (κ2) is 4.70. The molecule has 6 heteroatoms. The Morgan fingerprint density at radius 3 is 3.11 bits per heavy atom. The van der Waals surface area contributed by atoms with Crippen molar-refractivity contribution in [2.45, 2.75) is 11.6 Å². The van der Waals surface area contributed by atoms with Crippen LogP contribution in [0.1, 0.15) is 11.2 Å². The van der Waals surface area contributed by atoms with Crippen molar-refractivity contribution >= 4 is 34.7 Å². The molecule has 1 aromatic heterocycles. The number of fused-ring (bicyclic) bond motifs is 3. The molecule has 0 saturated heterocycles. The Balaban J connectivity index is 2.00. The highest BCUT2D eigenvalue weighted by atomic mass is 32.2. The second-order valence-corrected chi connectivity index (χ2v) is 5.33. The molecule has 2 aromatic rings. The van der Waals surface area contributed by atoms with Gasteiger partial charge < -0.3 is 4.74 Å². The summed E-state index contributed by atoms with van der Waals surface area (Å²) in [5, 5.41) is 0.701. The van der Waals surface area contributed by atoms with E-state index in [1.54, 1.807) is 4.57 Å². The molecule has 1 atom stereocenters. The molecule has 19 heavy (non-hydrogen) atoms. The van der Waals surface area contributed by atoms with E-state index in [9.17, 15) is 9.59 Å². The van der Waals surface area contributed by atoms with Crippen LogP contribution in [0.2, 0.25) is 0 Å². The number of hydrogen-bond acceptors (Lipinski definition) is 5. The first-order valence-corrected chi connectivity index (χ1v) is 6.90. The largest absolute Gasteiger partial charge is 0.469 e. The summed E-state index contributed by atoms with van der Waals surface area (Å²) in [5.74, 6) is -0.209. The maximum absolute atomic E-state index is 12.4. The third kappa shape index (κ3) is 2.02. The molecule has 0 radical (unpaired) electrons. The minimum absolute atomic E-state index is 0.0761. The maximum atomic E-state index is 12.4. The van der Waals surface area contributed by atoms with E-state index in [2.05, 4.69) is 9.72 Å². The molecule has 1 aromatic carbocycles. The number of nitrogens with zero attached hydrogens (tertiary/aromatic N) is 2. The fraction of sp³-hybridized carbons (Fsp3) is 0.308. The van der Waals surface area contributed by atoms with Gasteiger partial charge in [-0.15, -0.1) is 0 Å². The van der Waals surface area contributed by atoms with Gasteiger partial charge in [-0.25, -0.2) is 4.98 Å². The number of carbonyl (C=O) groups is 2. The van der Waals surface area contributed by atoms with Gasteiger partial charge in [0.15, 0.2) is 5.16 Å². The van der Waals surface area contributed by atoms with Crippen molar-refractivity contribution in [1.82, 2.24) is 9.55 Å². The summed E-state index contributed by atoms with van der Waals surface area (Å²) < 4.78 is 6.24. The van der Waals surface area contributed by atoms with Gasteiger partial charge in [0.1, 0.15) is 0 Å². The molecule has 1 aliphatic rings. The summed E-state index contributed by atoms with van der Waals surface area (Å²) in [6.45, 7) is 0. The van der Waals surface area contributed by atoms with Gasteiger partial charge >= 0.3 is 5.97 Å². The van der Waals surface area contributed by atoms with E-state index in [4.69, 9.17) is 0 Å². The monoisotopic (exact) mass is 276 g/mol. The quantitative estimate of drug-likeness (QED) is 0.785. The third-order valence-electron chi connectivity index (χ3n) is 3.15. The number of imidazole rings is 1. The van der Waals surface area contributed by atoms with E-state index in [-0.39, 0.29) is 24.2 Å². The molecule has 0 spiro atoms. The second-order valence-electron chi connectivity index (χ2n) is 4.34. The van der Waals surface area contributed by atoms with Gasteiger partial charge in [0.25, 0.3) is 0 Å². The van der Waals surface area contributed by atoms with Gasteiger partial charge in [0.05, 0.1) is 30.5 Å². The summed E-state index contributed by atoms with van der Waals surface area (Å²) in [4.78, 5) is 28.2. The van der Waals surface area contributed by atoms with Crippen LogP contribution in [0.25, 0.3) is 11.0 Å². The maximum Gasteiger partial charge on any atom is 0.306 e. The number of hydrogen-bond donors (Lipinski definition) is 0. The van der Waals surface area contributed by atoms with Gasteiger partial charge in [-0.1, -0.05) is 23.9 Å². The summed E-state index contributed by atoms with van der Waals surface area (Å²) in [6, 6.07) is 7.51. The summed E-state index contributed by atoms with van der Waals surface area (Å²) >= 11 is 1.50. The standard InChI is InChI=1S/C13H12N2O3S/c1-18-11(16)6-8-7-19-13-14-9-4-2-3-5-10(9)15(13)12(8)17/h2-5,8H,6-7H2,1H3/t8-/m0/s1. The lowest BCUT2D eigenvalue weighted by Gasteiger charge is -2.20. The molecule has 0 fully saturated rings. The van der Waals surface area contributed by atoms with E-state index in [1.165, 1.54) is 18.9 Å². The molecule has 1 aliphatic heterocycles. The molecule has 0 aliphatic carbocycles. The van der Waals surface area contributed by atoms with E-state index < -0.39 is 0 Å². The van der Waals surface area contributed by atoms with Crippen molar-refractivity contribution in [2.24, 2.45) is 5.92 Å². The molecule has 2 heterocycles. The zero-order valence-electron chi connectivity index (χ0n) is 10.3. The number of aromatic nitrogens is 2. The minimum atomic E-state index is -0.355. The summed E-state index contributed by atoms with van der Waals surface area (Å²) in [6.07, 6.45) is 0.119. The van der Waals surface area contributed by atoms with Crippen LogP contribution < -0.4 is 0 Å². The van der Waals surface area contributed by atoms with Crippen LogP contribution in [0.4, 0.5) is 0 Å². The number of carbonyl (C=O) groups excluding carboxylic acids is 2. The van der Waals surface area contributed by atoms with E-state index in [0.717, 1.165) is 11.0 Å². The molecule has 5 nitrogen and oxygen atoms in total. The average molecular weight is 276 g/mol. The van der Waals surface area contributed by atoms with E-state index in [0.29, 0.717) is 10.9 Å². The molecule has 0 bridgehead atoms. The van der Waals surface area contributed by atoms with Crippen molar-refractivity contribution in [2.75, 3.05) is 12.9 Å². The van der Waals surface area contributed by atoms with Crippen molar-refractivity contribution in [3.63, 3.8) is 0 Å². The van der Waals surface area contributed by atoms with E-state index in [1.807, 2.05) is 24.3 Å². The van der Waals surface area contributed by atoms with Gasteiger partial charge in [-0.05, 0) is 12.1 Å². The Morgan fingerprint density at radius 2 is 2.32 bits per heavy atom. The topological polar surface area (TPSA) is 61.2 Å². The highest BCUT2D eigenvalue weighted by Crippen LogP contribution is 2.32. The Kier molecular flexibility index (Phi) is 3.02. The molecule has 98 valence electrons. The predicted molar refractivity (Wildman–Crippen MR) is 71.2 cm³/mol. The molecule has 3 rings (SSSR count). The smallest absolute Gasteiger partial charge is 0.306 e. The van der Waals surface area contributed by atoms with Crippen LogP contribution in [0, 0.1) is 5.92 Å². The van der Waals surface area contributed by atoms with Gasteiger partial charge in [0.2, 0.25) is 5.91 Å². The number of ether oxygens (including phenoxy) is 1. The highest BCUT2D eigenvalue weighted by Gasteiger charge is 2.32. The Labute approximate surface area is 113 Å². The van der Waals surface area contributed by atoms with Crippen LogP contribution in [0.3, 0.4) is 0 Å². The number of para-hydroxylation sites is 2. The SMILES string of the molecule is COC(=O)C[C@H]1CSc2nc3ccccc3n2C1=O. The van der Waals surface area contributed by atoms with Crippen molar-refractivity contribution in [3.05, 3.63) is 24.3 Å². The first-order valence-electron chi connectivity index (χ1n) is 5.92. The van der Waals surface area contributed by atoms with Gasteiger partial charge in [0, 0.05) is 5.75 Å². The fourth-order valence-electron chi connectivity index (χ4n) is 2.17. The molecule has 0 unspecified atom stereocenters. The number of benzene rings is 1. The predicted octanol–water partition coefficient (Wildman–Crippen LogP) is 1.96. The Hall–Kier alpha value is -1.82. The molecular formula is C13H12N2O3S. The average Bonchev–Trinajstić information content (AvgIpc) is 2.81. The number of esters is 1. The van der Waals surface area contributed by atoms with Gasteiger partial charge in [-0.3, -0.25) is 14.2 Å². The first kappa shape index (κ1) is 12.2. The van der Waals surface area contributed by atoms with Crippen LogP contribution in [0.5, 0.6) is 0 Å². The number of methoxy groups -OCH3 is 1. The summed E-state index contributed by atoms with van der Waals surface area (Å²) in [7, 11) is 1.33. The third-order valence-corrected chi connectivity index (χ3v) is 4.26. The highest BCUT2D eigenvalue weighted by molar-refractivity contribution is 7.99. The number of rotatable bonds is 2. The van der Waals surface area contributed by atoms with E-state index >= 15 is 0 Å². The molecule has 0 N–H and O–H groups in total. The van der Waals surface area contributed by atoms with Crippen LogP contribution in [-0.2, 0) is 9.53 Å². The molecular weight excluding hydrogens is 264 g/mol. The summed E-state index contributed by atoms with van der Waals surface area (Å²) in [5.41, 5.74) is 1.60. The van der Waals surface area contributed by atoms with Crippen molar-refractivity contribution in [1.29, 1.82) is 0 Å². The van der Waals surface area contributed by atoms with Crippen LogP contribution in [-0.4, -0.2) is 34.3 Å². The number of thioether (sulfide) groups is 1. The van der Waals surface area contributed by atoms with Crippen LogP contribution in [0.15, 0.2) is 29.4 Å². The lowest BCUT2D eigenvalue weighted by molar-refractivity contribution is -0.141. The molecule has 0 amide bonds. The van der Waals surface area contributed by atoms with Crippen molar-refractivity contribution < 1.29 is 14.3 Å². The van der Waals surface area contributed by atoms with Crippen molar-refractivity contribution in [3.8, 4) is 0 Å². The zero-order chi connectivity index (χ0) is 13.4. The van der Waals surface area contributed by atoms with Gasteiger partial charge in [-0.2, -0.15) is 0 Å². The first-order chi connectivity index (χ1) is 9.20. The molecule has 0 saturated carbocycles. The van der Waals surface area contributed by atoms with Crippen LogP contribution >= 0.6 is 11.8 Å². The lowest BCUT2D eigenvalue weighted by Crippen LogP contribution is -2.30. The normalized spacial score (nSPS) is 18.4. The zero-order valence-corrected chi connectivity index (χ0v) is 11.1. The Bertz CT molecular complexity index is 665. The fourth-order valence-corrected chi connectivity index (χ4v) is 3.26. The lowest BCUT2D eigenvalue weighted by atomic mass is 10.1. The minimum Gasteiger partial charge on any atom is -0.469 e.